The summed E-state index contributed by atoms with van der Waals surface area (Å²) in [5, 5.41) is 0.959. The number of para-hydroxylation sites is 1. The predicted octanol–water partition coefficient (Wildman–Crippen LogP) is 4.50. The van der Waals surface area contributed by atoms with Gasteiger partial charge in [-0.25, -0.2) is 4.39 Å². The zero-order valence-corrected chi connectivity index (χ0v) is 15.0. The van der Waals surface area contributed by atoms with Gasteiger partial charge in [0.05, 0.1) is 0 Å². The summed E-state index contributed by atoms with van der Waals surface area (Å²) in [5.41, 5.74) is 2.28. The average molecular weight is 350 g/mol. The minimum Gasteiger partial charge on any atom is -0.345 e. The van der Waals surface area contributed by atoms with E-state index in [0.29, 0.717) is 17.2 Å². The molecule has 0 amide bonds. The van der Waals surface area contributed by atoms with Crippen molar-refractivity contribution in [3.05, 3.63) is 71.7 Å². The van der Waals surface area contributed by atoms with Crippen LogP contribution in [0, 0.1) is 5.82 Å². The predicted molar refractivity (Wildman–Crippen MR) is 102 cm³/mol. The van der Waals surface area contributed by atoms with E-state index in [1.54, 1.807) is 12.1 Å². The minimum atomic E-state index is -0.329. The summed E-state index contributed by atoms with van der Waals surface area (Å²) in [5.74, 6) is -0.388. The van der Waals surface area contributed by atoms with Crippen LogP contribution < -0.4 is 0 Å². The Kier molecular flexibility index (Phi) is 4.60. The summed E-state index contributed by atoms with van der Waals surface area (Å²) >= 11 is 0. The highest BCUT2D eigenvalue weighted by Gasteiger charge is 2.22. The minimum absolute atomic E-state index is 0.0584. The molecule has 2 heterocycles. The number of rotatable bonds is 4. The first-order chi connectivity index (χ1) is 12.6. The molecule has 1 aliphatic rings. The van der Waals surface area contributed by atoms with E-state index in [-0.39, 0.29) is 11.6 Å². The first kappa shape index (κ1) is 17.0. The van der Waals surface area contributed by atoms with Gasteiger partial charge in [0.1, 0.15) is 5.82 Å². The van der Waals surface area contributed by atoms with Crippen molar-refractivity contribution in [2.45, 2.75) is 31.8 Å². The molecule has 0 saturated carbocycles. The van der Waals surface area contributed by atoms with Crippen LogP contribution >= 0.6 is 0 Å². The Morgan fingerprint density at radius 1 is 1.12 bits per heavy atom. The van der Waals surface area contributed by atoms with Gasteiger partial charge < -0.3 is 9.47 Å². The molecule has 26 heavy (non-hydrogen) atoms. The second kappa shape index (κ2) is 7.04. The maximum absolute atomic E-state index is 13.2. The number of likely N-dealkylation sites (N-methyl/N-ethyl adjacent to an activating group) is 1. The van der Waals surface area contributed by atoms with Gasteiger partial charge in [0.15, 0.2) is 5.78 Å². The van der Waals surface area contributed by atoms with Gasteiger partial charge in [0, 0.05) is 40.8 Å². The molecular formula is C22H23FN2O. The van der Waals surface area contributed by atoms with Crippen molar-refractivity contribution in [3.63, 3.8) is 0 Å². The fourth-order valence-electron chi connectivity index (χ4n) is 3.94. The molecule has 0 N–H and O–H groups in total. The van der Waals surface area contributed by atoms with Gasteiger partial charge >= 0.3 is 0 Å². The number of hydrogen-bond acceptors (Lipinski definition) is 2. The van der Waals surface area contributed by atoms with E-state index in [4.69, 9.17) is 0 Å². The van der Waals surface area contributed by atoms with Crippen LogP contribution in [0.5, 0.6) is 0 Å². The van der Waals surface area contributed by atoms with Gasteiger partial charge in [-0.05, 0) is 56.8 Å². The Morgan fingerprint density at radius 2 is 1.88 bits per heavy atom. The summed E-state index contributed by atoms with van der Waals surface area (Å²) in [6, 6.07) is 14.3. The lowest BCUT2D eigenvalue weighted by Crippen LogP contribution is -2.39. The molecule has 2 aromatic carbocycles. The van der Waals surface area contributed by atoms with Gasteiger partial charge in [0.2, 0.25) is 0 Å². The number of likely N-dealkylation sites (tertiary alicyclic amines) is 1. The molecule has 1 fully saturated rings. The van der Waals surface area contributed by atoms with E-state index in [1.165, 1.54) is 31.4 Å². The Bertz CT molecular complexity index is 929. The zero-order chi connectivity index (χ0) is 18.1. The lowest BCUT2D eigenvalue weighted by Gasteiger charge is -2.32. The molecule has 4 rings (SSSR count). The standard InChI is InChI=1S/C22H23FN2O/c1-24-13-5-4-6-18(24)14-25-15-20(19-7-2-3-8-21(19)25)22(26)16-9-11-17(23)12-10-16/h2-3,7-12,15,18H,4-6,13-14H2,1H3. The molecule has 0 radical (unpaired) electrons. The number of hydrogen-bond donors (Lipinski definition) is 0. The molecule has 134 valence electrons. The third kappa shape index (κ3) is 3.17. The Balaban J connectivity index is 1.71. The lowest BCUT2D eigenvalue weighted by atomic mass is 10.0. The molecule has 1 saturated heterocycles. The molecule has 1 aromatic heterocycles. The number of ketones is 1. The first-order valence-corrected chi connectivity index (χ1v) is 9.22. The number of nitrogens with zero attached hydrogens (tertiary/aromatic N) is 2. The van der Waals surface area contributed by atoms with Crippen molar-refractivity contribution in [1.29, 1.82) is 0 Å². The fourth-order valence-corrected chi connectivity index (χ4v) is 3.94. The van der Waals surface area contributed by atoms with E-state index in [0.717, 1.165) is 24.0 Å². The van der Waals surface area contributed by atoms with Gasteiger partial charge in [0.25, 0.3) is 0 Å². The van der Waals surface area contributed by atoms with Crippen molar-refractivity contribution in [3.8, 4) is 0 Å². The highest BCUT2D eigenvalue weighted by atomic mass is 19.1. The van der Waals surface area contributed by atoms with Gasteiger partial charge in [-0.3, -0.25) is 4.79 Å². The van der Waals surface area contributed by atoms with Crippen LogP contribution in [0.25, 0.3) is 10.9 Å². The molecule has 0 aliphatic carbocycles. The van der Waals surface area contributed by atoms with E-state index in [2.05, 4.69) is 22.6 Å². The van der Waals surface area contributed by atoms with Gasteiger partial charge in [-0.15, -0.1) is 0 Å². The molecule has 1 atom stereocenters. The molecule has 3 aromatic rings. The van der Waals surface area contributed by atoms with Gasteiger partial charge in [-0.2, -0.15) is 0 Å². The third-order valence-corrected chi connectivity index (χ3v) is 5.47. The van der Waals surface area contributed by atoms with E-state index in [9.17, 15) is 9.18 Å². The van der Waals surface area contributed by atoms with E-state index < -0.39 is 0 Å². The van der Waals surface area contributed by atoms with Crippen molar-refractivity contribution in [2.24, 2.45) is 0 Å². The highest BCUT2D eigenvalue weighted by molar-refractivity contribution is 6.16. The van der Waals surface area contributed by atoms with Crippen LogP contribution in [0.15, 0.2) is 54.7 Å². The Hall–Kier alpha value is -2.46. The number of carbonyl (C=O) groups excluding carboxylic acids is 1. The molecular weight excluding hydrogens is 327 g/mol. The topological polar surface area (TPSA) is 25.2 Å². The molecule has 1 unspecified atom stereocenters. The van der Waals surface area contributed by atoms with E-state index in [1.807, 2.05) is 24.4 Å². The van der Waals surface area contributed by atoms with Crippen LogP contribution in [0.2, 0.25) is 0 Å². The second-order valence-electron chi connectivity index (χ2n) is 7.18. The summed E-state index contributed by atoms with van der Waals surface area (Å²) < 4.78 is 15.4. The molecule has 0 spiro atoms. The Labute approximate surface area is 153 Å². The van der Waals surface area contributed by atoms with Crippen molar-refractivity contribution in [1.82, 2.24) is 9.47 Å². The first-order valence-electron chi connectivity index (χ1n) is 9.22. The monoisotopic (exact) mass is 350 g/mol. The number of fused-ring (bicyclic) bond motifs is 1. The van der Waals surface area contributed by atoms with Crippen molar-refractivity contribution >= 4 is 16.7 Å². The summed E-state index contributed by atoms with van der Waals surface area (Å²) in [6.07, 6.45) is 5.67. The van der Waals surface area contributed by atoms with Crippen LogP contribution in [0.3, 0.4) is 0 Å². The summed E-state index contributed by atoms with van der Waals surface area (Å²) in [6.45, 7) is 2.01. The van der Waals surface area contributed by atoms with Crippen LogP contribution in [0.4, 0.5) is 4.39 Å². The number of halogens is 1. The third-order valence-electron chi connectivity index (χ3n) is 5.47. The maximum atomic E-state index is 13.2. The molecule has 0 bridgehead atoms. The Morgan fingerprint density at radius 3 is 2.65 bits per heavy atom. The molecule has 1 aliphatic heterocycles. The van der Waals surface area contributed by atoms with Crippen molar-refractivity contribution in [2.75, 3.05) is 13.6 Å². The quantitative estimate of drug-likeness (QED) is 0.648. The lowest BCUT2D eigenvalue weighted by molar-refractivity contribution is 0.104. The van der Waals surface area contributed by atoms with Crippen LogP contribution in [0.1, 0.15) is 35.2 Å². The molecule has 4 heteroatoms. The number of benzene rings is 2. The fraction of sp³-hybridized carbons (Fsp3) is 0.318. The van der Waals surface area contributed by atoms with E-state index >= 15 is 0 Å². The van der Waals surface area contributed by atoms with Gasteiger partial charge in [-0.1, -0.05) is 24.6 Å². The normalized spacial score (nSPS) is 18.3. The summed E-state index contributed by atoms with van der Waals surface area (Å²) in [7, 11) is 2.18. The molecule has 3 nitrogen and oxygen atoms in total. The highest BCUT2D eigenvalue weighted by Crippen LogP contribution is 2.26. The summed E-state index contributed by atoms with van der Waals surface area (Å²) in [4.78, 5) is 15.4. The van der Waals surface area contributed by atoms with Crippen molar-refractivity contribution < 1.29 is 9.18 Å². The largest absolute Gasteiger partial charge is 0.345 e. The maximum Gasteiger partial charge on any atom is 0.195 e. The zero-order valence-electron chi connectivity index (χ0n) is 15.0. The SMILES string of the molecule is CN1CCCCC1Cn1cc(C(=O)c2ccc(F)cc2)c2ccccc21. The van der Waals surface area contributed by atoms with Crippen LogP contribution in [-0.4, -0.2) is 34.9 Å². The number of piperidine rings is 1. The number of carbonyl (C=O) groups is 1. The number of aromatic nitrogens is 1. The van der Waals surface area contributed by atoms with Crippen LogP contribution in [-0.2, 0) is 6.54 Å². The average Bonchev–Trinajstić information content (AvgIpc) is 3.02. The smallest absolute Gasteiger partial charge is 0.195 e. The second-order valence-corrected chi connectivity index (χ2v) is 7.18.